The van der Waals surface area contributed by atoms with E-state index in [0.29, 0.717) is 0 Å². The first-order valence-corrected chi connectivity index (χ1v) is 6.09. The third-order valence-corrected chi connectivity index (χ3v) is 2.40. The maximum Gasteiger partial charge on any atom is 0.229 e. The molecule has 0 atom stereocenters. The molecule has 0 aliphatic heterocycles. The molecule has 0 aromatic heterocycles. The maximum absolute atomic E-state index is 11.8. The molecule has 1 aromatic carbocycles. The minimum Gasteiger partial charge on any atom is -0.385 e. The van der Waals surface area contributed by atoms with Crippen molar-refractivity contribution in [1.29, 1.82) is 0 Å². The van der Waals surface area contributed by atoms with Crippen molar-refractivity contribution >= 4 is 17.3 Å². The lowest BCUT2D eigenvalue weighted by atomic mass is 9.95. The van der Waals surface area contributed by atoms with Gasteiger partial charge in [0.2, 0.25) is 5.91 Å². The summed E-state index contributed by atoms with van der Waals surface area (Å²) in [5.41, 5.74) is 1.56. The highest BCUT2D eigenvalue weighted by Gasteiger charge is 2.20. The van der Waals surface area contributed by atoms with E-state index in [9.17, 15) is 4.79 Å². The van der Waals surface area contributed by atoms with Crippen LogP contribution in [0.1, 0.15) is 34.1 Å². The fourth-order valence-corrected chi connectivity index (χ4v) is 1.26. The van der Waals surface area contributed by atoms with Crippen LogP contribution in [0.15, 0.2) is 24.3 Å². The smallest absolute Gasteiger partial charge is 0.229 e. The van der Waals surface area contributed by atoms with Crippen LogP contribution in [-0.2, 0) is 4.79 Å². The van der Waals surface area contributed by atoms with Gasteiger partial charge in [0, 0.05) is 23.3 Å². The van der Waals surface area contributed by atoms with Gasteiger partial charge in [0.15, 0.2) is 0 Å². The van der Waals surface area contributed by atoms with Crippen LogP contribution in [0.2, 0.25) is 0 Å². The zero-order valence-corrected chi connectivity index (χ0v) is 11.1. The average Bonchev–Trinajstić information content (AvgIpc) is 2.27. The quantitative estimate of drug-likeness (QED) is 0.837. The van der Waals surface area contributed by atoms with Crippen LogP contribution in [0.25, 0.3) is 0 Å². The van der Waals surface area contributed by atoms with E-state index in [2.05, 4.69) is 17.6 Å². The molecule has 0 saturated heterocycles. The van der Waals surface area contributed by atoms with Crippen LogP contribution in [0.4, 0.5) is 11.4 Å². The van der Waals surface area contributed by atoms with Crippen molar-refractivity contribution in [2.75, 3.05) is 17.2 Å². The van der Waals surface area contributed by atoms with Crippen LogP contribution in [-0.4, -0.2) is 12.5 Å². The van der Waals surface area contributed by atoms with E-state index in [4.69, 9.17) is 0 Å². The Hall–Kier alpha value is -1.51. The van der Waals surface area contributed by atoms with Crippen molar-refractivity contribution in [3.8, 4) is 0 Å². The van der Waals surface area contributed by atoms with Gasteiger partial charge < -0.3 is 10.6 Å². The Morgan fingerprint density at radius 1 is 1.12 bits per heavy atom. The summed E-state index contributed by atoms with van der Waals surface area (Å²) in [5, 5.41) is 6.19. The highest BCUT2D eigenvalue weighted by atomic mass is 16.2. The lowest BCUT2D eigenvalue weighted by molar-refractivity contribution is -0.123. The molecule has 0 radical (unpaired) electrons. The Morgan fingerprint density at radius 3 is 2.12 bits per heavy atom. The van der Waals surface area contributed by atoms with Gasteiger partial charge in [-0.3, -0.25) is 4.79 Å². The number of carbonyl (C=O) groups excluding carboxylic acids is 1. The summed E-state index contributed by atoms with van der Waals surface area (Å²) in [6.07, 6.45) is 1.10. The molecular formula is C14H22N2O. The van der Waals surface area contributed by atoms with Gasteiger partial charge in [0.05, 0.1) is 0 Å². The van der Waals surface area contributed by atoms with Crippen molar-refractivity contribution in [3.05, 3.63) is 24.3 Å². The first-order chi connectivity index (χ1) is 7.93. The predicted octanol–water partition coefficient (Wildman–Crippen LogP) is 3.49. The number of anilines is 2. The largest absolute Gasteiger partial charge is 0.385 e. The molecule has 2 N–H and O–H groups in total. The Labute approximate surface area is 104 Å². The summed E-state index contributed by atoms with van der Waals surface area (Å²) in [6, 6.07) is 7.80. The van der Waals surface area contributed by atoms with E-state index in [1.165, 1.54) is 0 Å². The molecule has 17 heavy (non-hydrogen) atoms. The minimum absolute atomic E-state index is 0.0340. The van der Waals surface area contributed by atoms with E-state index in [1.54, 1.807) is 0 Å². The van der Waals surface area contributed by atoms with Crippen LogP contribution in [0.3, 0.4) is 0 Å². The van der Waals surface area contributed by atoms with Crippen molar-refractivity contribution in [1.82, 2.24) is 0 Å². The van der Waals surface area contributed by atoms with Gasteiger partial charge >= 0.3 is 0 Å². The highest BCUT2D eigenvalue weighted by molar-refractivity contribution is 5.94. The summed E-state index contributed by atoms with van der Waals surface area (Å²) in [6.45, 7) is 8.80. The Morgan fingerprint density at radius 2 is 1.65 bits per heavy atom. The molecule has 0 aliphatic rings. The number of carbonyl (C=O) groups is 1. The summed E-state index contributed by atoms with van der Waals surface area (Å²) in [5.74, 6) is 0.0340. The molecule has 0 bridgehead atoms. The number of hydrogen-bond donors (Lipinski definition) is 2. The summed E-state index contributed by atoms with van der Waals surface area (Å²) in [4.78, 5) is 11.8. The average molecular weight is 234 g/mol. The zero-order chi connectivity index (χ0) is 12.9. The lowest BCUT2D eigenvalue weighted by Crippen LogP contribution is -2.27. The van der Waals surface area contributed by atoms with Crippen molar-refractivity contribution in [2.45, 2.75) is 34.1 Å². The molecule has 94 valence electrons. The van der Waals surface area contributed by atoms with Gasteiger partial charge in [-0.15, -0.1) is 0 Å². The second-order valence-electron chi connectivity index (χ2n) is 5.21. The second-order valence-corrected chi connectivity index (χ2v) is 5.21. The van der Waals surface area contributed by atoms with Gasteiger partial charge in [-0.2, -0.15) is 0 Å². The van der Waals surface area contributed by atoms with Gasteiger partial charge in [-0.1, -0.05) is 27.7 Å². The molecule has 0 aliphatic carbocycles. The van der Waals surface area contributed by atoms with E-state index >= 15 is 0 Å². The molecule has 0 fully saturated rings. The lowest BCUT2D eigenvalue weighted by Gasteiger charge is -2.17. The Bertz CT molecular complexity index is 363. The zero-order valence-electron chi connectivity index (χ0n) is 11.1. The Kier molecular flexibility index (Phi) is 4.55. The SMILES string of the molecule is CCCNc1ccc(NC(=O)C(C)(C)C)cc1. The highest BCUT2D eigenvalue weighted by Crippen LogP contribution is 2.18. The molecule has 0 heterocycles. The fraction of sp³-hybridized carbons (Fsp3) is 0.500. The third-order valence-electron chi connectivity index (χ3n) is 2.40. The predicted molar refractivity (Wildman–Crippen MR) is 73.3 cm³/mol. The fourth-order valence-electron chi connectivity index (χ4n) is 1.26. The van der Waals surface area contributed by atoms with Gasteiger partial charge in [-0.05, 0) is 30.7 Å². The Balaban J connectivity index is 2.59. The van der Waals surface area contributed by atoms with Crippen molar-refractivity contribution < 1.29 is 4.79 Å². The van der Waals surface area contributed by atoms with Crippen LogP contribution in [0.5, 0.6) is 0 Å². The van der Waals surface area contributed by atoms with E-state index in [0.717, 1.165) is 24.3 Å². The first-order valence-electron chi connectivity index (χ1n) is 6.09. The van der Waals surface area contributed by atoms with Crippen LogP contribution < -0.4 is 10.6 Å². The van der Waals surface area contributed by atoms with Gasteiger partial charge in [0.25, 0.3) is 0 Å². The van der Waals surface area contributed by atoms with Gasteiger partial charge in [0.1, 0.15) is 0 Å². The number of hydrogen-bond acceptors (Lipinski definition) is 2. The normalized spacial score (nSPS) is 11.1. The molecule has 1 rings (SSSR count). The second kappa shape index (κ2) is 5.71. The number of benzene rings is 1. The van der Waals surface area contributed by atoms with Crippen molar-refractivity contribution in [2.24, 2.45) is 5.41 Å². The number of amides is 1. The molecule has 1 amide bonds. The monoisotopic (exact) mass is 234 g/mol. The molecule has 0 spiro atoms. The minimum atomic E-state index is -0.362. The van der Waals surface area contributed by atoms with Crippen LogP contribution in [0, 0.1) is 5.41 Å². The van der Waals surface area contributed by atoms with Crippen molar-refractivity contribution in [3.63, 3.8) is 0 Å². The van der Waals surface area contributed by atoms with E-state index in [-0.39, 0.29) is 11.3 Å². The topological polar surface area (TPSA) is 41.1 Å². The maximum atomic E-state index is 11.8. The van der Waals surface area contributed by atoms with Crippen LogP contribution >= 0.6 is 0 Å². The molecule has 3 heteroatoms. The summed E-state index contributed by atoms with van der Waals surface area (Å²) >= 11 is 0. The summed E-state index contributed by atoms with van der Waals surface area (Å²) in [7, 11) is 0. The third kappa shape index (κ3) is 4.47. The molecular weight excluding hydrogens is 212 g/mol. The molecule has 3 nitrogen and oxygen atoms in total. The number of rotatable bonds is 4. The first kappa shape index (κ1) is 13.6. The molecule has 0 unspecified atom stereocenters. The van der Waals surface area contributed by atoms with Gasteiger partial charge in [-0.25, -0.2) is 0 Å². The molecule has 1 aromatic rings. The standard InChI is InChI=1S/C14H22N2O/c1-5-10-15-11-6-8-12(9-7-11)16-13(17)14(2,3)4/h6-9,15H,5,10H2,1-4H3,(H,16,17). The van der Waals surface area contributed by atoms with E-state index in [1.807, 2.05) is 45.0 Å². The summed E-state index contributed by atoms with van der Waals surface area (Å²) < 4.78 is 0. The van der Waals surface area contributed by atoms with E-state index < -0.39 is 0 Å². The number of nitrogens with one attached hydrogen (secondary N) is 2. The molecule has 0 saturated carbocycles.